The van der Waals surface area contributed by atoms with Crippen LogP contribution in [-0.2, 0) is 22.5 Å². The zero-order valence-corrected chi connectivity index (χ0v) is 17.5. The van der Waals surface area contributed by atoms with Crippen molar-refractivity contribution in [2.24, 2.45) is 0 Å². The number of imidazole rings is 1. The van der Waals surface area contributed by atoms with E-state index in [0.717, 1.165) is 50.7 Å². The maximum atomic E-state index is 12.4. The summed E-state index contributed by atoms with van der Waals surface area (Å²) in [5.74, 6) is 0.713. The summed E-state index contributed by atoms with van der Waals surface area (Å²) in [6, 6.07) is 9.93. The number of aryl methyl sites for hydroxylation is 1. The average Bonchev–Trinajstić information content (AvgIpc) is 3.15. The van der Waals surface area contributed by atoms with Crippen LogP contribution in [0, 0.1) is 0 Å². The highest BCUT2D eigenvalue weighted by Gasteiger charge is 2.16. The normalized spacial score (nSPS) is 14.7. The second kappa shape index (κ2) is 10.3. The molecule has 0 saturated carbocycles. The molecular formula is C22H28N6O3. The van der Waals surface area contributed by atoms with Gasteiger partial charge in [0.05, 0.1) is 19.5 Å². The van der Waals surface area contributed by atoms with Gasteiger partial charge in [-0.15, -0.1) is 0 Å². The maximum Gasteiger partial charge on any atom is 0.278 e. The number of aromatic nitrogens is 4. The Balaban J connectivity index is 1.36. The first-order valence-electron chi connectivity index (χ1n) is 10.7. The van der Waals surface area contributed by atoms with E-state index < -0.39 is 0 Å². The number of benzene rings is 1. The SMILES string of the molecule is O=C(CCn1c(Cc2ccccc2)nc2c(=O)[nH]cnc21)NCCCN1CCOCC1. The fourth-order valence-electron chi connectivity index (χ4n) is 3.80. The van der Waals surface area contributed by atoms with Crippen molar-refractivity contribution >= 4 is 17.1 Å². The van der Waals surface area contributed by atoms with Crippen LogP contribution in [0.4, 0.5) is 0 Å². The number of fused-ring (bicyclic) bond motifs is 1. The molecule has 3 aromatic rings. The van der Waals surface area contributed by atoms with E-state index in [9.17, 15) is 9.59 Å². The molecule has 1 aliphatic heterocycles. The van der Waals surface area contributed by atoms with Crippen LogP contribution in [0.15, 0.2) is 41.5 Å². The number of morpholine rings is 1. The van der Waals surface area contributed by atoms with E-state index >= 15 is 0 Å². The molecule has 3 heterocycles. The Morgan fingerprint density at radius 3 is 2.77 bits per heavy atom. The highest BCUT2D eigenvalue weighted by molar-refractivity contribution is 5.76. The Morgan fingerprint density at radius 1 is 1.16 bits per heavy atom. The summed E-state index contributed by atoms with van der Waals surface area (Å²) in [7, 11) is 0. The second-order valence-electron chi connectivity index (χ2n) is 7.65. The topological polar surface area (TPSA) is 105 Å². The molecule has 0 unspecified atom stereocenters. The van der Waals surface area contributed by atoms with Gasteiger partial charge in [-0.25, -0.2) is 9.97 Å². The largest absolute Gasteiger partial charge is 0.379 e. The van der Waals surface area contributed by atoms with Crippen molar-refractivity contribution in [3.8, 4) is 0 Å². The highest BCUT2D eigenvalue weighted by Crippen LogP contribution is 2.15. The molecule has 1 aromatic carbocycles. The zero-order valence-electron chi connectivity index (χ0n) is 17.5. The van der Waals surface area contributed by atoms with E-state index in [1.54, 1.807) is 0 Å². The monoisotopic (exact) mass is 424 g/mol. The number of hydrogen-bond donors (Lipinski definition) is 2. The van der Waals surface area contributed by atoms with Crippen LogP contribution in [0.1, 0.15) is 24.2 Å². The van der Waals surface area contributed by atoms with Gasteiger partial charge in [-0.1, -0.05) is 30.3 Å². The molecule has 9 heteroatoms. The Hall–Kier alpha value is -3.04. The molecule has 4 rings (SSSR count). The molecule has 0 radical (unpaired) electrons. The summed E-state index contributed by atoms with van der Waals surface area (Å²) in [6.45, 7) is 5.51. The van der Waals surface area contributed by atoms with Gasteiger partial charge in [-0.3, -0.25) is 14.5 Å². The van der Waals surface area contributed by atoms with Crippen molar-refractivity contribution in [2.75, 3.05) is 39.4 Å². The highest BCUT2D eigenvalue weighted by atomic mass is 16.5. The lowest BCUT2D eigenvalue weighted by atomic mass is 10.1. The number of nitrogens with zero attached hydrogens (tertiary/aromatic N) is 4. The molecule has 1 aliphatic rings. The van der Waals surface area contributed by atoms with Crippen LogP contribution in [0.2, 0.25) is 0 Å². The minimum atomic E-state index is -0.273. The Kier molecular flexibility index (Phi) is 7.06. The van der Waals surface area contributed by atoms with Gasteiger partial charge >= 0.3 is 0 Å². The standard InChI is InChI=1S/C22H28N6O3/c29-19(23-8-4-9-27-11-13-31-14-12-27)7-10-28-18(15-17-5-2-1-3-6-17)26-20-21(28)24-16-25-22(20)30/h1-3,5-6,16H,4,7-15H2,(H,23,29)(H,24,25,30). The molecule has 164 valence electrons. The van der Waals surface area contributed by atoms with Gasteiger partial charge in [-0.2, -0.15) is 0 Å². The summed E-state index contributed by atoms with van der Waals surface area (Å²) >= 11 is 0. The van der Waals surface area contributed by atoms with Crippen LogP contribution in [0.5, 0.6) is 0 Å². The lowest BCUT2D eigenvalue weighted by Gasteiger charge is -2.26. The Labute approximate surface area is 180 Å². The number of aromatic amines is 1. The van der Waals surface area contributed by atoms with Crippen molar-refractivity contribution in [3.05, 3.63) is 58.4 Å². The van der Waals surface area contributed by atoms with Crippen molar-refractivity contribution in [1.82, 2.24) is 29.7 Å². The van der Waals surface area contributed by atoms with E-state index in [1.807, 2.05) is 34.9 Å². The summed E-state index contributed by atoms with van der Waals surface area (Å²) in [5.41, 5.74) is 1.63. The zero-order chi connectivity index (χ0) is 21.5. The van der Waals surface area contributed by atoms with Gasteiger partial charge < -0.3 is 19.6 Å². The van der Waals surface area contributed by atoms with Crippen LogP contribution in [0.3, 0.4) is 0 Å². The van der Waals surface area contributed by atoms with E-state index in [2.05, 4.69) is 25.2 Å². The van der Waals surface area contributed by atoms with Crippen molar-refractivity contribution in [1.29, 1.82) is 0 Å². The molecule has 1 amide bonds. The second-order valence-corrected chi connectivity index (χ2v) is 7.65. The summed E-state index contributed by atoms with van der Waals surface area (Å²) in [4.78, 5) is 38.3. The fourth-order valence-corrected chi connectivity index (χ4v) is 3.80. The van der Waals surface area contributed by atoms with Gasteiger partial charge in [0.15, 0.2) is 11.2 Å². The summed E-state index contributed by atoms with van der Waals surface area (Å²) in [6.07, 6.45) is 3.16. The van der Waals surface area contributed by atoms with E-state index in [1.165, 1.54) is 6.33 Å². The Bertz CT molecular complexity index is 1060. The van der Waals surface area contributed by atoms with Crippen LogP contribution in [0.25, 0.3) is 11.2 Å². The third kappa shape index (κ3) is 5.56. The van der Waals surface area contributed by atoms with E-state index in [0.29, 0.717) is 37.1 Å². The summed E-state index contributed by atoms with van der Waals surface area (Å²) < 4.78 is 7.23. The number of carbonyl (C=O) groups is 1. The number of carbonyl (C=O) groups excluding carboxylic acids is 1. The molecule has 0 aliphatic carbocycles. The molecular weight excluding hydrogens is 396 g/mol. The first-order chi connectivity index (χ1) is 15.2. The molecule has 0 spiro atoms. The van der Waals surface area contributed by atoms with Crippen LogP contribution < -0.4 is 10.9 Å². The minimum absolute atomic E-state index is 0.0145. The van der Waals surface area contributed by atoms with Gasteiger partial charge in [0.2, 0.25) is 5.91 Å². The number of nitrogens with one attached hydrogen (secondary N) is 2. The molecule has 2 N–H and O–H groups in total. The predicted molar refractivity (Wildman–Crippen MR) is 117 cm³/mol. The van der Waals surface area contributed by atoms with Crippen molar-refractivity contribution < 1.29 is 9.53 Å². The number of hydrogen-bond acceptors (Lipinski definition) is 6. The molecule has 0 atom stereocenters. The lowest BCUT2D eigenvalue weighted by molar-refractivity contribution is -0.121. The van der Waals surface area contributed by atoms with Gasteiger partial charge in [0.25, 0.3) is 5.56 Å². The molecule has 1 saturated heterocycles. The first-order valence-corrected chi connectivity index (χ1v) is 10.7. The Morgan fingerprint density at radius 2 is 1.97 bits per heavy atom. The average molecular weight is 425 g/mol. The number of amides is 1. The molecule has 9 nitrogen and oxygen atoms in total. The quantitative estimate of drug-likeness (QED) is 0.496. The number of ether oxygens (including phenoxy) is 1. The summed E-state index contributed by atoms with van der Waals surface area (Å²) in [5, 5.41) is 2.99. The van der Waals surface area contributed by atoms with Gasteiger partial charge in [-0.05, 0) is 18.5 Å². The van der Waals surface area contributed by atoms with Gasteiger partial charge in [0, 0.05) is 39.0 Å². The maximum absolute atomic E-state index is 12.4. The minimum Gasteiger partial charge on any atom is -0.379 e. The van der Waals surface area contributed by atoms with Crippen LogP contribution >= 0.6 is 0 Å². The fraction of sp³-hybridized carbons (Fsp3) is 0.455. The van der Waals surface area contributed by atoms with Crippen LogP contribution in [-0.4, -0.2) is 69.7 Å². The smallest absolute Gasteiger partial charge is 0.278 e. The molecule has 1 fully saturated rings. The number of H-pyrrole nitrogens is 1. The molecule has 2 aromatic heterocycles. The molecule has 0 bridgehead atoms. The lowest BCUT2D eigenvalue weighted by Crippen LogP contribution is -2.38. The van der Waals surface area contributed by atoms with E-state index in [-0.39, 0.29) is 11.5 Å². The first kappa shape index (κ1) is 21.2. The third-order valence-corrected chi connectivity index (χ3v) is 5.46. The van der Waals surface area contributed by atoms with E-state index in [4.69, 9.17) is 4.74 Å². The number of rotatable bonds is 9. The molecule has 31 heavy (non-hydrogen) atoms. The third-order valence-electron chi connectivity index (χ3n) is 5.46. The van der Waals surface area contributed by atoms with Crippen molar-refractivity contribution in [2.45, 2.75) is 25.8 Å². The predicted octanol–water partition coefficient (Wildman–Crippen LogP) is 0.939. The van der Waals surface area contributed by atoms with Crippen molar-refractivity contribution in [3.63, 3.8) is 0 Å². The van der Waals surface area contributed by atoms with Gasteiger partial charge in [0.1, 0.15) is 5.82 Å².